The minimum absolute atomic E-state index is 0.0639. The minimum Gasteiger partial charge on any atom is -0.487 e. The van der Waals surface area contributed by atoms with Crippen LogP contribution in [0, 0.1) is 6.92 Å². The molecular weight excluding hydrogens is 413 g/mol. The SMILES string of the molecule is Cc1nc2ccccc2cc1OCc1c(Cl)ccc(N2CC(=O)NCC2=O)c1Cl. The van der Waals surface area contributed by atoms with Crippen molar-refractivity contribution in [3.05, 3.63) is 63.8 Å². The molecule has 2 aromatic carbocycles. The second kappa shape index (κ2) is 7.89. The first-order valence-corrected chi connectivity index (χ1v) is 9.73. The fourth-order valence-corrected chi connectivity index (χ4v) is 3.77. The summed E-state index contributed by atoms with van der Waals surface area (Å²) in [5, 5.41) is 4.18. The van der Waals surface area contributed by atoms with Crippen molar-refractivity contribution in [3.63, 3.8) is 0 Å². The highest BCUT2D eigenvalue weighted by molar-refractivity contribution is 6.38. The van der Waals surface area contributed by atoms with Gasteiger partial charge in [-0.1, -0.05) is 41.4 Å². The number of aromatic nitrogens is 1. The highest BCUT2D eigenvalue weighted by atomic mass is 35.5. The Morgan fingerprint density at radius 2 is 1.97 bits per heavy atom. The number of fused-ring (bicyclic) bond motifs is 1. The number of nitrogens with zero attached hydrogens (tertiary/aromatic N) is 2. The topological polar surface area (TPSA) is 71.5 Å². The van der Waals surface area contributed by atoms with Gasteiger partial charge in [-0.3, -0.25) is 14.5 Å². The number of aryl methyl sites for hydroxylation is 1. The summed E-state index contributed by atoms with van der Waals surface area (Å²) < 4.78 is 5.97. The van der Waals surface area contributed by atoms with Gasteiger partial charge in [-0.2, -0.15) is 0 Å². The monoisotopic (exact) mass is 429 g/mol. The summed E-state index contributed by atoms with van der Waals surface area (Å²) in [5.41, 5.74) is 2.60. The summed E-state index contributed by atoms with van der Waals surface area (Å²) in [6.45, 7) is 1.81. The van der Waals surface area contributed by atoms with E-state index in [0.29, 0.717) is 22.0 Å². The lowest BCUT2D eigenvalue weighted by atomic mass is 10.1. The summed E-state index contributed by atoms with van der Waals surface area (Å²) in [6.07, 6.45) is 0. The average Bonchev–Trinajstić information content (AvgIpc) is 2.70. The predicted octanol–water partition coefficient (Wildman–Crippen LogP) is 3.89. The Bertz CT molecular complexity index is 1130. The highest BCUT2D eigenvalue weighted by Gasteiger charge is 2.27. The number of carbonyl (C=O) groups excluding carboxylic acids is 2. The van der Waals surface area contributed by atoms with Gasteiger partial charge in [0.25, 0.3) is 0 Å². The molecule has 0 radical (unpaired) electrons. The number of benzene rings is 2. The van der Waals surface area contributed by atoms with Gasteiger partial charge in [0.2, 0.25) is 11.8 Å². The quantitative estimate of drug-likeness (QED) is 0.682. The van der Waals surface area contributed by atoms with E-state index in [1.54, 1.807) is 12.1 Å². The number of carbonyl (C=O) groups is 2. The third-order valence-corrected chi connectivity index (χ3v) is 5.51. The summed E-state index contributed by atoms with van der Waals surface area (Å²) >= 11 is 12.9. The molecule has 1 aromatic heterocycles. The van der Waals surface area contributed by atoms with Gasteiger partial charge in [-0.15, -0.1) is 0 Å². The van der Waals surface area contributed by atoms with Crippen molar-refractivity contribution in [3.8, 4) is 5.75 Å². The van der Waals surface area contributed by atoms with E-state index in [1.165, 1.54) is 4.90 Å². The zero-order chi connectivity index (χ0) is 20.5. The summed E-state index contributed by atoms with van der Waals surface area (Å²) in [7, 11) is 0. The van der Waals surface area contributed by atoms with Crippen molar-refractivity contribution >= 4 is 51.6 Å². The van der Waals surface area contributed by atoms with Gasteiger partial charge in [0.15, 0.2) is 0 Å². The van der Waals surface area contributed by atoms with Crippen molar-refractivity contribution in [2.45, 2.75) is 13.5 Å². The van der Waals surface area contributed by atoms with Gasteiger partial charge < -0.3 is 10.1 Å². The molecule has 1 saturated heterocycles. The lowest BCUT2D eigenvalue weighted by Crippen LogP contribution is -2.51. The molecule has 0 atom stereocenters. The van der Waals surface area contributed by atoms with Crippen LogP contribution in [0.1, 0.15) is 11.3 Å². The molecule has 3 aromatic rings. The van der Waals surface area contributed by atoms with Gasteiger partial charge in [-0.25, -0.2) is 4.98 Å². The fraction of sp³-hybridized carbons (Fsp3) is 0.190. The van der Waals surface area contributed by atoms with E-state index >= 15 is 0 Å². The van der Waals surface area contributed by atoms with E-state index in [9.17, 15) is 9.59 Å². The van der Waals surface area contributed by atoms with Crippen LogP contribution in [0.5, 0.6) is 5.75 Å². The van der Waals surface area contributed by atoms with Crippen molar-refractivity contribution < 1.29 is 14.3 Å². The molecule has 2 heterocycles. The molecule has 1 aliphatic rings. The molecule has 0 unspecified atom stereocenters. The van der Waals surface area contributed by atoms with E-state index in [4.69, 9.17) is 27.9 Å². The predicted molar refractivity (Wildman–Crippen MR) is 113 cm³/mol. The third-order valence-electron chi connectivity index (χ3n) is 4.74. The number of amides is 2. The Kier molecular flexibility index (Phi) is 5.30. The molecule has 0 saturated carbocycles. The molecule has 0 bridgehead atoms. The Balaban J connectivity index is 1.63. The maximum absolute atomic E-state index is 12.2. The number of para-hydroxylation sites is 1. The van der Waals surface area contributed by atoms with Gasteiger partial charge in [0, 0.05) is 16.0 Å². The molecule has 6 nitrogen and oxygen atoms in total. The molecule has 4 rings (SSSR count). The van der Waals surface area contributed by atoms with Gasteiger partial charge in [0.1, 0.15) is 18.9 Å². The van der Waals surface area contributed by atoms with E-state index in [-0.39, 0.29) is 36.5 Å². The number of hydrogen-bond acceptors (Lipinski definition) is 4. The Morgan fingerprint density at radius 1 is 1.17 bits per heavy atom. The van der Waals surface area contributed by atoms with Crippen molar-refractivity contribution in [1.82, 2.24) is 10.3 Å². The van der Waals surface area contributed by atoms with Gasteiger partial charge in [0.05, 0.1) is 28.5 Å². The second-order valence-corrected chi connectivity index (χ2v) is 7.45. The van der Waals surface area contributed by atoms with Crippen LogP contribution >= 0.6 is 23.2 Å². The van der Waals surface area contributed by atoms with Crippen LogP contribution in [0.25, 0.3) is 10.9 Å². The minimum atomic E-state index is -0.244. The van der Waals surface area contributed by atoms with Crippen molar-refractivity contribution in [1.29, 1.82) is 0 Å². The second-order valence-electron chi connectivity index (χ2n) is 6.67. The lowest BCUT2D eigenvalue weighted by molar-refractivity contribution is -0.128. The fourth-order valence-electron chi connectivity index (χ4n) is 3.19. The maximum Gasteiger partial charge on any atom is 0.246 e. The summed E-state index contributed by atoms with van der Waals surface area (Å²) in [4.78, 5) is 29.8. The number of piperazine rings is 1. The Morgan fingerprint density at radius 3 is 2.79 bits per heavy atom. The van der Waals surface area contributed by atoms with Crippen molar-refractivity contribution in [2.24, 2.45) is 0 Å². The number of rotatable bonds is 4. The Hall–Kier alpha value is -2.83. The van der Waals surface area contributed by atoms with Crippen LogP contribution in [-0.4, -0.2) is 29.9 Å². The highest BCUT2D eigenvalue weighted by Crippen LogP contribution is 2.35. The van der Waals surface area contributed by atoms with Crippen LogP contribution < -0.4 is 15.0 Å². The van der Waals surface area contributed by atoms with Crippen LogP contribution in [0.2, 0.25) is 10.0 Å². The first-order chi connectivity index (χ1) is 13.9. The molecule has 0 aliphatic carbocycles. The third kappa shape index (κ3) is 3.86. The molecule has 29 heavy (non-hydrogen) atoms. The number of halogens is 2. The van der Waals surface area contributed by atoms with Gasteiger partial charge in [-0.05, 0) is 31.2 Å². The van der Waals surface area contributed by atoms with Crippen LogP contribution in [0.4, 0.5) is 5.69 Å². The number of anilines is 1. The summed E-state index contributed by atoms with van der Waals surface area (Å²) in [5.74, 6) is 0.135. The molecule has 2 amide bonds. The molecule has 8 heteroatoms. The number of hydrogen-bond donors (Lipinski definition) is 1. The normalized spacial score (nSPS) is 14.2. The first-order valence-electron chi connectivity index (χ1n) is 8.97. The number of nitrogens with one attached hydrogen (secondary N) is 1. The molecular formula is C21H17Cl2N3O3. The molecule has 1 aliphatic heterocycles. The van der Waals surface area contributed by atoms with E-state index in [0.717, 1.165) is 16.6 Å². The molecule has 1 fully saturated rings. The van der Waals surface area contributed by atoms with Gasteiger partial charge >= 0.3 is 0 Å². The molecule has 148 valence electrons. The number of ether oxygens (including phenoxy) is 1. The van der Waals surface area contributed by atoms with Crippen LogP contribution in [0.15, 0.2) is 42.5 Å². The standard InChI is InChI=1S/C21H17Cl2N3O3/c1-12-18(8-13-4-2-3-5-16(13)25-12)29-11-14-15(22)6-7-17(21(14)23)26-10-19(27)24-9-20(26)28/h2-8H,9-11H2,1H3,(H,24,27). The van der Waals surface area contributed by atoms with E-state index in [2.05, 4.69) is 10.3 Å². The van der Waals surface area contributed by atoms with Crippen LogP contribution in [-0.2, 0) is 16.2 Å². The smallest absolute Gasteiger partial charge is 0.246 e. The average molecular weight is 430 g/mol. The van der Waals surface area contributed by atoms with E-state index < -0.39 is 0 Å². The largest absolute Gasteiger partial charge is 0.487 e. The molecule has 0 spiro atoms. The zero-order valence-electron chi connectivity index (χ0n) is 15.5. The molecule has 1 N–H and O–H groups in total. The Labute approximate surface area is 177 Å². The zero-order valence-corrected chi connectivity index (χ0v) is 17.0. The summed E-state index contributed by atoms with van der Waals surface area (Å²) in [6, 6.07) is 13.0. The first kappa shape index (κ1) is 19.5. The van der Waals surface area contributed by atoms with E-state index in [1.807, 2.05) is 37.3 Å². The van der Waals surface area contributed by atoms with Crippen molar-refractivity contribution in [2.75, 3.05) is 18.0 Å². The maximum atomic E-state index is 12.2. The number of pyridine rings is 1. The van der Waals surface area contributed by atoms with Crippen LogP contribution in [0.3, 0.4) is 0 Å². The lowest BCUT2D eigenvalue weighted by Gasteiger charge is -2.28.